The highest BCUT2D eigenvalue weighted by Gasteiger charge is 2.18. The van der Waals surface area contributed by atoms with Gasteiger partial charge in [0.25, 0.3) is 0 Å². The number of benzene rings is 2. The fourth-order valence-corrected chi connectivity index (χ4v) is 2.11. The summed E-state index contributed by atoms with van der Waals surface area (Å²) in [5.41, 5.74) is 9.59. The van der Waals surface area contributed by atoms with E-state index in [1.54, 1.807) is 0 Å². The molecule has 100 valence electrons. The van der Waals surface area contributed by atoms with Gasteiger partial charge in [-0.3, -0.25) is 0 Å². The molecule has 19 heavy (non-hydrogen) atoms. The van der Waals surface area contributed by atoms with Crippen molar-refractivity contribution in [1.29, 1.82) is 0 Å². The molecule has 0 aliphatic heterocycles. The van der Waals surface area contributed by atoms with E-state index in [0.717, 1.165) is 11.3 Å². The highest BCUT2D eigenvalue weighted by molar-refractivity contribution is 5.39. The minimum absolute atomic E-state index is 0.0673. The summed E-state index contributed by atoms with van der Waals surface area (Å²) in [4.78, 5) is 0. The van der Waals surface area contributed by atoms with Crippen LogP contribution in [0.3, 0.4) is 0 Å². The van der Waals surface area contributed by atoms with Crippen LogP contribution in [0.5, 0.6) is 5.75 Å². The molecule has 0 fully saturated rings. The average Bonchev–Trinajstić information content (AvgIpc) is 2.41. The standard InChI is InChI=1S/C17H21NO/c1-12-8-7-11-16(13(12)2)19-17(14(3)18)15-9-5-4-6-10-15/h4-11,14,17H,18H2,1-3H3. The third kappa shape index (κ3) is 3.15. The van der Waals surface area contributed by atoms with E-state index in [1.807, 2.05) is 37.3 Å². The molecule has 0 saturated heterocycles. The van der Waals surface area contributed by atoms with Gasteiger partial charge in [-0.15, -0.1) is 0 Å². The van der Waals surface area contributed by atoms with E-state index in [0.29, 0.717) is 0 Å². The van der Waals surface area contributed by atoms with Gasteiger partial charge >= 0.3 is 0 Å². The molecule has 2 aromatic carbocycles. The van der Waals surface area contributed by atoms with Gasteiger partial charge in [-0.2, -0.15) is 0 Å². The molecule has 2 rings (SSSR count). The van der Waals surface area contributed by atoms with Crippen molar-refractivity contribution in [2.45, 2.75) is 32.9 Å². The Kier molecular flexibility index (Phi) is 4.23. The molecular weight excluding hydrogens is 234 g/mol. The summed E-state index contributed by atoms with van der Waals surface area (Å²) in [6.07, 6.45) is -0.123. The molecule has 0 aromatic heterocycles. The molecule has 2 aromatic rings. The fourth-order valence-electron chi connectivity index (χ4n) is 2.11. The zero-order valence-electron chi connectivity index (χ0n) is 11.8. The monoisotopic (exact) mass is 255 g/mol. The molecule has 0 spiro atoms. The fraction of sp³-hybridized carbons (Fsp3) is 0.294. The number of hydrogen-bond acceptors (Lipinski definition) is 2. The van der Waals surface area contributed by atoms with E-state index in [-0.39, 0.29) is 12.1 Å². The maximum absolute atomic E-state index is 6.15. The van der Waals surface area contributed by atoms with E-state index >= 15 is 0 Å². The molecule has 0 amide bonds. The lowest BCUT2D eigenvalue weighted by molar-refractivity contribution is 0.179. The quantitative estimate of drug-likeness (QED) is 0.902. The van der Waals surface area contributed by atoms with Crippen LogP contribution >= 0.6 is 0 Å². The maximum atomic E-state index is 6.15. The Morgan fingerprint density at radius 3 is 2.26 bits per heavy atom. The molecular formula is C17H21NO. The lowest BCUT2D eigenvalue weighted by Crippen LogP contribution is -2.29. The van der Waals surface area contributed by atoms with Gasteiger partial charge in [0.2, 0.25) is 0 Å². The van der Waals surface area contributed by atoms with Crippen LogP contribution in [0.4, 0.5) is 0 Å². The summed E-state index contributed by atoms with van der Waals surface area (Å²) in [7, 11) is 0. The van der Waals surface area contributed by atoms with Crippen LogP contribution in [-0.4, -0.2) is 6.04 Å². The van der Waals surface area contributed by atoms with Crippen molar-refractivity contribution in [3.63, 3.8) is 0 Å². The van der Waals surface area contributed by atoms with Gasteiger partial charge in [-0.25, -0.2) is 0 Å². The number of aryl methyl sites for hydroxylation is 1. The number of nitrogens with two attached hydrogens (primary N) is 1. The second-order valence-electron chi connectivity index (χ2n) is 5.01. The molecule has 2 nitrogen and oxygen atoms in total. The SMILES string of the molecule is Cc1cccc(OC(c2ccccc2)C(C)N)c1C. The number of ether oxygens (including phenoxy) is 1. The first-order chi connectivity index (χ1) is 9.09. The number of hydrogen-bond donors (Lipinski definition) is 1. The van der Waals surface area contributed by atoms with E-state index in [4.69, 9.17) is 10.5 Å². The minimum Gasteiger partial charge on any atom is -0.484 e. The Morgan fingerprint density at radius 2 is 1.63 bits per heavy atom. The second kappa shape index (κ2) is 5.89. The average molecular weight is 255 g/mol. The first kappa shape index (κ1) is 13.6. The Balaban J connectivity index is 2.30. The van der Waals surface area contributed by atoms with Gasteiger partial charge in [0, 0.05) is 6.04 Å². The first-order valence-electron chi connectivity index (χ1n) is 6.63. The first-order valence-corrected chi connectivity index (χ1v) is 6.63. The molecule has 2 N–H and O–H groups in total. The molecule has 0 aliphatic rings. The van der Waals surface area contributed by atoms with Crippen LogP contribution in [0.2, 0.25) is 0 Å². The molecule has 0 bridgehead atoms. The smallest absolute Gasteiger partial charge is 0.138 e. The van der Waals surface area contributed by atoms with Crippen LogP contribution in [0.25, 0.3) is 0 Å². The van der Waals surface area contributed by atoms with Gasteiger partial charge in [-0.1, -0.05) is 42.5 Å². The molecule has 0 heterocycles. The molecule has 2 heteroatoms. The summed E-state index contributed by atoms with van der Waals surface area (Å²) in [5.74, 6) is 0.908. The van der Waals surface area contributed by atoms with E-state index in [2.05, 4.69) is 32.0 Å². The lowest BCUT2D eigenvalue weighted by atomic mass is 10.0. The topological polar surface area (TPSA) is 35.2 Å². The van der Waals surface area contributed by atoms with Crippen LogP contribution in [0.15, 0.2) is 48.5 Å². The Hall–Kier alpha value is -1.80. The van der Waals surface area contributed by atoms with Crippen molar-refractivity contribution in [3.05, 3.63) is 65.2 Å². The normalized spacial score (nSPS) is 13.9. The predicted molar refractivity (Wildman–Crippen MR) is 79.4 cm³/mol. The third-order valence-electron chi connectivity index (χ3n) is 3.41. The van der Waals surface area contributed by atoms with E-state index in [9.17, 15) is 0 Å². The summed E-state index contributed by atoms with van der Waals surface area (Å²) in [6.45, 7) is 6.14. The highest BCUT2D eigenvalue weighted by atomic mass is 16.5. The molecule has 0 aliphatic carbocycles. The summed E-state index contributed by atoms with van der Waals surface area (Å²) < 4.78 is 6.15. The van der Waals surface area contributed by atoms with Gasteiger partial charge in [-0.05, 0) is 43.5 Å². The van der Waals surface area contributed by atoms with E-state index < -0.39 is 0 Å². The third-order valence-corrected chi connectivity index (χ3v) is 3.41. The molecule has 0 radical (unpaired) electrons. The highest BCUT2D eigenvalue weighted by Crippen LogP contribution is 2.28. The van der Waals surface area contributed by atoms with Gasteiger partial charge in [0.05, 0.1) is 0 Å². The Labute approximate surface area is 115 Å². The van der Waals surface area contributed by atoms with Crippen LogP contribution < -0.4 is 10.5 Å². The van der Waals surface area contributed by atoms with Crippen molar-refractivity contribution >= 4 is 0 Å². The largest absolute Gasteiger partial charge is 0.484 e. The Morgan fingerprint density at radius 1 is 0.947 bits per heavy atom. The van der Waals surface area contributed by atoms with Crippen LogP contribution in [-0.2, 0) is 0 Å². The van der Waals surface area contributed by atoms with Crippen LogP contribution in [0, 0.1) is 13.8 Å². The molecule has 2 atom stereocenters. The summed E-state index contributed by atoms with van der Waals surface area (Å²) in [5, 5.41) is 0. The molecule has 0 saturated carbocycles. The maximum Gasteiger partial charge on any atom is 0.138 e. The van der Waals surface area contributed by atoms with Crippen molar-refractivity contribution in [2.75, 3.05) is 0 Å². The Bertz CT molecular complexity index is 534. The zero-order valence-corrected chi connectivity index (χ0v) is 11.8. The second-order valence-corrected chi connectivity index (χ2v) is 5.01. The predicted octanol–water partition coefficient (Wildman–Crippen LogP) is 3.77. The van der Waals surface area contributed by atoms with E-state index in [1.165, 1.54) is 11.1 Å². The van der Waals surface area contributed by atoms with Gasteiger partial charge < -0.3 is 10.5 Å². The zero-order chi connectivity index (χ0) is 13.8. The van der Waals surface area contributed by atoms with Crippen molar-refractivity contribution in [1.82, 2.24) is 0 Å². The number of rotatable bonds is 4. The summed E-state index contributed by atoms with van der Waals surface area (Å²) in [6, 6.07) is 16.2. The van der Waals surface area contributed by atoms with Gasteiger partial charge in [0.15, 0.2) is 0 Å². The van der Waals surface area contributed by atoms with Crippen molar-refractivity contribution in [3.8, 4) is 5.75 Å². The molecule has 2 unspecified atom stereocenters. The summed E-state index contributed by atoms with van der Waals surface area (Å²) >= 11 is 0. The minimum atomic E-state index is -0.123. The van der Waals surface area contributed by atoms with Crippen molar-refractivity contribution in [2.24, 2.45) is 5.73 Å². The van der Waals surface area contributed by atoms with Gasteiger partial charge in [0.1, 0.15) is 11.9 Å². The lowest BCUT2D eigenvalue weighted by Gasteiger charge is -2.24. The van der Waals surface area contributed by atoms with Crippen LogP contribution in [0.1, 0.15) is 29.7 Å². The van der Waals surface area contributed by atoms with Crippen molar-refractivity contribution < 1.29 is 4.74 Å².